The van der Waals surface area contributed by atoms with Crippen LogP contribution in [0.2, 0.25) is 0 Å². The molecule has 2 rings (SSSR count). The maximum Gasteiger partial charge on any atom is 0.233 e. The van der Waals surface area contributed by atoms with Gasteiger partial charge in [0.25, 0.3) is 0 Å². The summed E-state index contributed by atoms with van der Waals surface area (Å²) in [5, 5.41) is 3.89. The third-order valence-corrected chi connectivity index (χ3v) is 4.16. The number of aromatic nitrogens is 1. The van der Waals surface area contributed by atoms with Gasteiger partial charge >= 0.3 is 0 Å². The lowest BCUT2D eigenvalue weighted by atomic mass is 10.2. The van der Waals surface area contributed by atoms with Crippen LogP contribution >= 0.6 is 0 Å². The number of fused-ring (bicyclic) bond motifs is 1. The van der Waals surface area contributed by atoms with Gasteiger partial charge in [-0.15, -0.1) is 0 Å². The second-order valence-corrected chi connectivity index (χ2v) is 6.39. The number of rotatable bonds is 7. The van der Waals surface area contributed by atoms with E-state index in [4.69, 9.17) is 0 Å². The number of anilines is 1. The van der Waals surface area contributed by atoms with Crippen molar-refractivity contribution in [3.8, 4) is 0 Å². The molecule has 0 fully saturated rings. The summed E-state index contributed by atoms with van der Waals surface area (Å²) >= 11 is 0. The van der Waals surface area contributed by atoms with Crippen LogP contribution in [0.5, 0.6) is 0 Å². The van der Waals surface area contributed by atoms with Crippen molar-refractivity contribution >= 4 is 26.6 Å². The molecular formula is C14H19N3O2S. The Morgan fingerprint density at radius 1 is 1.15 bits per heavy atom. The summed E-state index contributed by atoms with van der Waals surface area (Å²) in [7, 11) is -3.35. The number of nitrogens with zero attached hydrogens (tertiary/aromatic N) is 1. The molecule has 0 radical (unpaired) electrons. The molecule has 6 heteroatoms. The van der Waals surface area contributed by atoms with Crippen LogP contribution in [0.3, 0.4) is 0 Å². The number of sulfonamides is 1. The van der Waals surface area contributed by atoms with Crippen molar-refractivity contribution in [3.63, 3.8) is 0 Å². The molecular weight excluding hydrogens is 274 g/mol. The molecule has 0 atom stereocenters. The van der Waals surface area contributed by atoms with E-state index in [2.05, 4.69) is 15.0 Å². The zero-order valence-electron chi connectivity index (χ0n) is 11.5. The third-order valence-electron chi connectivity index (χ3n) is 2.89. The summed E-state index contributed by atoms with van der Waals surface area (Å²) in [6.45, 7) is 3.32. The predicted octanol–water partition coefficient (Wildman–Crippen LogP) is 1.98. The van der Waals surface area contributed by atoms with Gasteiger partial charge in [0.05, 0.1) is 17.0 Å². The standard InChI is InChI=1S/C14H19N3O2S/c1-2-8-15-10-11-20(18,19)17-14-7-3-6-13-12(14)5-4-9-16-13/h3-7,9,15,17H,2,8,10-11H2,1H3. The zero-order chi connectivity index (χ0) is 14.4. The highest BCUT2D eigenvalue weighted by Gasteiger charge is 2.11. The molecule has 2 N–H and O–H groups in total. The maximum atomic E-state index is 12.0. The molecule has 0 unspecified atom stereocenters. The van der Waals surface area contributed by atoms with Gasteiger partial charge in [-0.3, -0.25) is 9.71 Å². The fraction of sp³-hybridized carbons (Fsp3) is 0.357. The average Bonchev–Trinajstić information content (AvgIpc) is 2.44. The number of nitrogens with one attached hydrogen (secondary N) is 2. The molecule has 0 amide bonds. The Kier molecular flexibility index (Phi) is 4.92. The van der Waals surface area contributed by atoms with Gasteiger partial charge in [-0.05, 0) is 37.2 Å². The van der Waals surface area contributed by atoms with E-state index in [0.717, 1.165) is 23.9 Å². The Morgan fingerprint density at radius 2 is 2.00 bits per heavy atom. The average molecular weight is 293 g/mol. The van der Waals surface area contributed by atoms with Crippen LogP contribution in [-0.4, -0.2) is 32.2 Å². The maximum absolute atomic E-state index is 12.0. The lowest BCUT2D eigenvalue weighted by Crippen LogP contribution is -2.27. The van der Waals surface area contributed by atoms with Gasteiger partial charge < -0.3 is 5.32 Å². The van der Waals surface area contributed by atoms with E-state index >= 15 is 0 Å². The summed E-state index contributed by atoms with van der Waals surface area (Å²) < 4.78 is 26.7. The molecule has 20 heavy (non-hydrogen) atoms. The first-order valence-electron chi connectivity index (χ1n) is 6.67. The van der Waals surface area contributed by atoms with Gasteiger partial charge in [-0.1, -0.05) is 13.0 Å². The van der Waals surface area contributed by atoms with Crippen molar-refractivity contribution in [3.05, 3.63) is 36.5 Å². The van der Waals surface area contributed by atoms with Crippen molar-refractivity contribution in [2.24, 2.45) is 0 Å². The minimum absolute atomic E-state index is 0.0592. The molecule has 1 heterocycles. The Hall–Kier alpha value is -1.66. The van der Waals surface area contributed by atoms with Crippen LogP contribution < -0.4 is 10.0 Å². The lowest BCUT2D eigenvalue weighted by Gasteiger charge is -2.10. The molecule has 0 saturated heterocycles. The molecule has 0 aliphatic rings. The number of hydrogen-bond donors (Lipinski definition) is 2. The minimum atomic E-state index is -3.35. The highest BCUT2D eigenvalue weighted by atomic mass is 32.2. The molecule has 108 valence electrons. The second kappa shape index (κ2) is 6.67. The number of hydrogen-bond acceptors (Lipinski definition) is 4. The lowest BCUT2D eigenvalue weighted by molar-refractivity contribution is 0.595. The first kappa shape index (κ1) is 14.7. The van der Waals surface area contributed by atoms with E-state index in [1.54, 1.807) is 24.4 Å². The monoisotopic (exact) mass is 293 g/mol. The Bertz CT molecular complexity index is 666. The van der Waals surface area contributed by atoms with E-state index in [1.807, 2.05) is 19.1 Å². The first-order valence-corrected chi connectivity index (χ1v) is 8.32. The molecule has 0 bridgehead atoms. The van der Waals surface area contributed by atoms with E-state index in [1.165, 1.54) is 0 Å². The minimum Gasteiger partial charge on any atom is -0.316 e. The zero-order valence-corrected chi connectivity index (χ0v) is 12.3. The van der Waals surface area contributed by atoms with Crippen molar-refractivity contribution in [2.45, 2.75) is 13.3 Å². The summed E-state index contributed by atoms with van der Waals surface area (Å²) in [6.07, 6.45) is 2.68. The van der Waals surface area contributed by atoms with Crippen molar-refractivity contribution in [2.75, 3.05) is 23.6 Å². The summed E-state index contributed by atoms with van der Waals surface area (Å²) in [6, 6.07) is 9.05. The Balaban J connectivity index is 2.11. The van der Waals surface area contributed by atoms with Gasteiger partial charge in [-0.2, -0.15) is 0 Å². The van der Waals surface area contributed by atoms with Gasteiger partial charge in [0, 0.05) is 18.1 Å². The molecule has 5 nitrogen and oxygen atoms in total. The summed E-state index contributed by atoms with van der Waals surface area (Å²) in [4.78, 5) is 4.21. The highest BCUT2D eigenvalue weighted by Crippen LogP contribution is 2.22. The van der Waals surface area contributed by atoms with Gasteiger partial charge in [0.2, 0.25) is 10.0 Å². The normalized spacial score (nSPS) is 11.7. The van der Waals surface area contributed by atoms with Gasteiger partial charge in [0.15, 0.2) is 0 Å². The van der Waals surface area contributed by atoms with Crippen LogP contribution in [0.15, 0.2) is 36.5 Å². The molecule has 1 aromatic heterocycles. The van der Waals surface area contributed by atoms with Crippen molar-refractivity contribution in [1.29, 1.82) is 0 Å². The second-order valence-electron chi connectivity index (χ2n) is 4.55. The van der Waals surface area contributed by atoms with Crippen LogP contribution in [0.4, 0.5) is 5.69 Å². The van der Waals surface area contributed by atoms with E-state index < -0.39 is 10.0 Å². The van der Waals surface area contributed by atoms with E-state index in [-0.39, 0.29) is 5.75 Å². The molecule has 1 aromatic carbocycles. The summed E-state index contributed by atoms with van der Waals surface area (Å²) in [5.74, 6) is 0.0592. The fourth-order valence-electron chi connectivity index (χ4n) is 1.92. The SMILES string of the molecule is CCCNCCS(=O)(=O)Nc1cccc2ncccc12. The molecule has 0 aliphatic heterocycles. The number of benzene rings is 1. The quantitative estimate of drug-likeness (QED) is 0.766. The fourth-order valence-corrected chi connectivity index (χ4v) is 2.95. The van der Waals surface area contributed by atoms with Crippen molar-refractivity contribution in [1.82, 2.24) is 10.3 Å². The van der Waals surface area contributed by atoms with Crippen LogP contribution in [0.25, 0.3) is 10.9 Å². The van der Waals surface area contributed by atoms with Crippen LogP contribution in [0, 0.1) is 0 Å². The van der Waals surface area contributed by atoms with Gasteiger partial charge in [-0.25, -0.2) is 8.42 Å². The Labute approximate surface area is 119 Å². The van der Waals surface area contributed by atoms with Crippen LogP contribution in [0.1, 0.15) is 13.3 Å². The van der Waals surface area contributed by atoms with Crippen molar-refractivity contribution < 1.29 is 8.42 Å². The number of pyridine rings is 1. The molecule has 2 aromatic rings. The topological polar surface area (TPSA) is 71.1 Å². The Morgan fingerprint density at radius 3 is 2.80 bits per heavy atom. The molecule has 0 aliphatic carbocycles. The van der Waals surface area contributed by atoms with Gasteiger partial charge in [0.1, 0.15) is 0 Å². The largest absolute Gasteiger partial charge is 0.316 e. The van der Waals surface area contributed by atoms with Crippen LogP contribution in [-0.2, 0) is 10.0 Å². The first-order chi connectivity index (χ1) is 9.62. The third kappa shape index (κ3) is 3.91. The van der Waals surface area contributed by atoms with E-state index in [9.17, 15) is 8.42 Å². The highest BCUT2D eigenvalue weighted by molar-refractivity contribution is 7.92. The molecule has 0 spiro atoms. The smallest absolute Gasteiger partial charge is 0.233 e. The summed E-state index contributed by atoms with van der Waals surface area (Å²) in [5.41, 5.74) is 1.35. The van der Waals surface area contributed by atoms with E-state index in [0.29, 0.717) is 12.2 Å². The molecule has 0 saturated carbocycles. The predicted molar refractivity (Wildman–Crippen MR) is 82.3 cm³/mol.